The van der Waals surface area contributed by atoms with Crippen LogP contribution in [0.4, 0.5) is 13.9 Å². The molecule has 0 unspecified atom stereocenters. The minimum Gasteiger partial charge on any atom is -0.357 e. The average Bonchev–Trinajstić information content (AvgIpc) is 3.14. The lowest BCUT2D eigenvalue weighted by Crippen LogP contribution is -2.26. The van der Waals surface area contributed by atoms with Crippen molar-refractivity contribution in [1.29, 1.82) is 0 Å². The summed E-state index contributed by atoms with van der Waals surface area (Å²) in [4.78, 5) is 17.2. The van der Waals surface area contributed by atoms with E-state index in [0.29, 0.717) is 46.2 Å². The van der Waals surface area contributed by atoms with E-state index >= 15 is 0 Å². The van der Waals surface area contributed by atoms with Gasteiger partial charge in [-0.25, -0.2) is 13.8 Å². The number of nitrogens with zero attached hydrogens (tertiary/aromatic N) is 3. The first-order valence-corrected chi connectivity index (χ1v) is 10.5. The Morgan fingerprint density at radius 1 is 1.03 bits per heavy atom. The van der Waals surface area contributed by atoms with Gasteiger partial charge in [-0.2, -0.15) is 4.52 Å². The van der Waals surface area contributed by atoms with E-state index in [0.717, 1.165) is 0 Å². The van der Waals surface area contributed by atoms with Crippen molar-refractivity contribution in [2.24, 2.45) is 0 Å². The zero-order chi connectivity index (χ0) is 21.1. The van der Waals surface area contributed by atoms with Crippen molar-refractivity contribution < 1.29 is 8.78 Å². The van der Waals surface area contributed by atoms with Crippen LogP contribution in [-0.2, 0) is 19.3 Å². The van der Waals surface area contributed by atoms with Crippen LogP contribution < -0.4 is 10.9 Å². The molecule has 0 bridgehead atoms. The van der Waals surface area contributed by atoms with E-state index in [9.17, 15) is 13.6 Å². The maximum atomic E-state index is 14.2. The van der Waals surface area contributed by atoms with E-state index in [4.69, 9.17) is 0 Å². The van der Waals surface area contributed by atoms with Crippen LogP contribution in [0.2, 0.25) is 0 Å². The number of aromatic nitrogens is 3. The fourth-order valence-electron chi connectivity index (χ4n) is 3.30. The largest absolute Gasteiger partial charge is 0.357 e. The third-order valence-electron chi connectivity index (χ3n) is 4.84. The van der Waals surface area contributed by atoms with E-state index in [1.807, 2.05) is 6.92 Å². The Balaban J connectivity index is 1.66. The second-order valence-electron chi connectivity index (χ2n) is 6.97. The summed E-state index contributed by atoms with van der Waals surface area (Å²) in [6.45, 7) is 1.93. The molecule has 0 radical (unpaired) electrons. The van der Waals surface area contributed by atoms with Gasteiger partial charge in [-0.1, -0.05) is 54.7 Å². The Hall–Kier alpha value is -3.13. The summed E-state index contributed by atoms with van der Waals surface area (Å²) in [5.74, 6) is -0.625. The maximum absolute atomic E-state index is 14.2. The summed E-state index contributed by atoms with van der Waals surface area (Å²) in [6, 6.07) is 14.2. The number of aryl methyl sites for hydroxylation is 1. The van der Waals surface area contributed by atoms with Gasteiger partial charge in [0.05, 0.1) is 0 Å². The van der Waals surface area contributed by atoms with Crippen LogP contribution in [-0.4, -0.2) is 20.6 Å². The van der Waals surface area contributed by atoms with Crippen LogP contribution in [0.1, 0.15) is 23.7 Å². The van der Waals surface area contributed by atoms with Gasteiger partial charge in [0.15, 0.2) is 0 Å². The van der Waals surface area contributed by atoms with Gasteiger partial charge >= 0.3 is 0 Å². The van der Waals surface area contributed by atoms with Crippen molar-refractivity contribution in [3.8, 4) is 0 Å². The summed E-state index contributed by atoms with van der Waals surface area (Å²) in [5.41, 5.74) is 1.50. The second-order valence-corrected chi connectivity index (χ2v) is 7.93. The maximum Gasteiger partial charge on any atom is 0.275 e. The molecule has 8 heteroatoms. The number of hydrogen-bond acceptors (Lipinski definition) is 5. The van der Waals surface area contributed by atoms with Crippen molar-refractivity contribution in [3.05, 3.63) is 93.4 Å². The quantitative estimate of drug-likeness (QED) is 0.480. The van der Waals surface area contributed by atoms with E-state index in [1.165, 1.54) is 34.1 Å². The van der Waals surface area contributed by atoms with Crippen molar-refractivity contribution in [2.45, 2.75) is 32.2 Å². The average molecular weight is 426 g/mol. The molecule has 0 aliphatic carbocycles. The molecular formula is C22H20F2N4OS. The van der Waals surface area contributed by atoms with Crippen molar-refractivity contribution in [1.82, 2.24) is 14.6 Å². The SMILES string of the molecule is CCc1cc(=O)n2nc(NC(Cc3ccccc3F)Cc3ccccc3F)sc2n1. The highest BCUT2D eigenvalue weighted by Gasteiger charge is 2.18. The molecule has 1 N–H and O–H groups in total. The molecular weight excluding hydrogens is 406 g/mol. The summed E-state index contributed by atoms with van der Waals surface area (Å²) < 4.78 is 29.7. The van der Waals surface area contributed by atoms with Crippen LogP contribution in [0.25, 0.3) is 4.96 Å². The molecule has 0 aliphatic heterocycles. The summed E-state index contributed by atoms with van der Waals surface area (Å²) in [5, 5.41) is 8.05. The van der Waals surface area contributed by atoms with E-state index in [1.54, 1.807) is 36.4 Å². The standard InChI is InChI=1S/C22H20F2N4OS/c1-2-16-13-20(29)28-22(26-16)30-21(27-28)25-17(11-14-7-3-5-9-18(14)23)12-15-8-4-6-10-19(15)24/h3-10,13,17H,2,11-12H2,1H3,(H,25,27). The fourth-order valence-corrected chi connectivity index (χ4v) is 4.20. The molecule has 2 aromatic heterocycles. The Bertz CT molecular complexity index is 1190. The lowest BCUT2D eigenvalue weighted by molar-refractivity contribution is 0.577. The number of nitrogens with one attached hydrogen (secondary N) is 1. The number of fused-ring (bicyclic) bond motifs is 1. The van der Waals surface area contributed by atoms with Crippen LogP contribution in [0.3, 0.4) is 0 Å². The normalized spacial score (nSPS) is 11.3. The smallest absolute Gasteiger partial charge is 0.275 e. The lowest BCUT2D eigenvalue weighted by Gasteiger charge is -2.19. The minimum absolute atomic E-state index is 0.249. The summed E-state index contributed by atoms with van der Waals surface area (Å²) in [6.07, 6.45) is 1.31. The van der Waals surface area contributed by atoms with Gasteiger partial charge in [-0.05, 0) is 42.5 Å². The first-order valence-electron chi connectivity index (χ1n) is 9.66. The Morgan fingerprint density at radius 2 is 1.63 bits per heavy atom. The van der Waals surface area contributed by atoms with Gasteiger partial charge in [-0.15, -0.1) is 5.10 Å². The van der Waals surface area contributed by atoms with E-state index in [2.05, 4.69) is 15.4 Å². The Kier molecular flexibility index (Phi) is 5.85. The zero-order valence-electron chi connectivity index (χ0n) is 16.3. The predicted octanol–water partition coefficient (Wildman–Crippen LogP) is 4.26. The molecule has 0 saturated heterocycles. The van der Waals surface area contributed by atoms with Crippen LogP contribution in [0.15, 0.2) is 59.4 Å². The molecule has 0 saturated carbocycles. The highest BCUT2D eigenvalue weighted by molar-refractivity contribution is 7.20. The first-order chi connectivity index (χ1) is 14.5. The molecule has 4 aromatic rings. The van der Waals surface area contributed by atoms with Gasteiger partial charge in [-0.3, -0.25) is 4.79 Å². The molecule has 4 rings (SSSR count). The molecule has 30 heavy (non-hydrogen) atoms. The molecule has 0 amide bonds. The number of benzene rings is 2. The second kappa shape index (κ2) is 8.71. The Morgan fingerprint density at radius 3 is 2.20 bits per heavy atom. The zero-order valence-corrected chi connectivity index (χ0v) is 17.1. The first kappa shape index (κ1) is 20.2. The lowest BCUT2D eigenvalue weighted by atomic mass is 9.98. The molecule has 0 aliphatic rings. The van der Waals surface area contributed by atoms with Gasteiger partial charge in [0.1, 0.15) is 11.6 Å². The molecule has 2 heterocycles. The molecule has 0 spiro atoms. The van der Waals surface area contributed by atoms with Gasteiger partial charge in [0.25, 0.3) is 5.56 Å². The van der Waals surface area contributed by atoms with E-state index < -0.39 is 0 Å². The van der Waals surface area contributed by atoms with Crippen LogP contribution in [0.5, 0.6) is 0 Å². The van der Waals surface area contributed by atoms with Crippen molar-refractivity contribution in [2.75, 3.05) is 5.32 Å². The minimum atomic E-state index is -0.333. The molecule has 0 fully saturated rings. The topological polar surface area (TPSA) is 59.3 Å². The monoisotopic (exact) mass is 426 g/mol. The number of halogens is 2. The summed E-state index contributed by atoms with van der Waals surface area (Å²) in [7, 11) is 0. The van der Waals surface area contributed by atoms with Crippen LogP contribution >= 0.6 is 11.3 Å². The highest BCUT2D eigenvalue weighted by Crippen LogP contribution is 2.22. The number of rotatable bonds is 7. The van der Waals surface area contributed by atoms with Gasteiger partial charge in [0.2, 0.25) is 10.1 Å². The number of hydrogen-bond donors (Lipinski definition) is 1. The van der Waals surface area contributed by atoms with Crippen molar-refractivity contribution >= 4 is 21.4 Å². The molecule has 5 nitrogen and oxygen atoms in total. The van der Waals surface area contributed by atoms with Crippen molar-refractivity contribution in [3.63, 3.8) is 0 Å². The van der Waals surface area contributed by atoms with Gasteiger partial charge in [0, 0.05) is 17.8 Å². The van der Waals surface area contributed by atoms with E-state index in [-0.39, 0.29) is 23.2 Å². The fraction of sp³-hybridized carbons (Fsp3) is 0.227. The van der Waals surface area contributed by atoms with Gasteiger partial charge < -0.3 is 5.32 Å². The molecule has 2 aromatic carbocycles. The third-order valence-corrected chi connectivity index (χ3v) is 5.68. The highest BCUT2D eigenvalue weighted by atomic mass is 32.1. The predicted molar refractivity (Wildman–Crippen MR) is 114 cm³/mol. The summed E-state index contributed by atoms with van der Waals surface area (Å²) >= 11 is 1.24. The molecule has 0 atom stereocenters. The van der Waals surface area contributed by atoms with Crippen LogP contribution in [0, 0.1) is 11.6 Å². The Labute approximate surface area is 176 Å². The third kappa shape index (κ3) is 4.38. The molecule has 154 valence electrons. The number of anilines is 1.